The van der Waals surface area contributed by atoms with Crippen LogP contribution in [-0.4, -0.2) is 34.2 Å². The number of allylic oxidation sites excluding steroid dienone is 2. The Morgan fingerprint density at radius 3 is 2.33 bits per heavy atom. The van der Waals surface area contributed by atoms with Crippen LogP contribution in [0.5, 0.6) is 0 Å². The van der Waals surface area contributed by atoms with E-state index >= 15 is 0 Å². The second kappa shape index (κ2) is 8.83. The summed E-state index contributed by atoms with van der Waals surface area (Å²) in [4.78, 5) is 29.0. The predicted octanol–water partition coefficient (Wildman–Crippen LogP) is 5.37. The lowest BCUT2D eigenvalue weighted by Crippen LogP contribution is -2.48. The van der Waals surface area contributed by atoms with Crippen LogP contribution >= 0.6 is 11.3 Å². The Balaban J connectivity index is 2.05. The van der Waals surface area contributed by atoms with Gasteiger partial charge in [0.1, 0.15) is 4.88 Å². The zero-order valence-corrected chi connectivity index (χ0v) is 19.6. The largest absolute Gasteiger partial charge is 0.477 e. The number of aliphatic hydroxyl groups excluding tert-OH is 1. The quantitative estimate of drug-likeness (QED) is 0.626. The molecule has 0 spiro atoms. The molecule has 1 amide bonds. The smallest absolute Gasteiger partial charge is 0.348 e. The highest BCUT2D eigenvalue weighted by Gasteiger charge is 2.39. The maximum atomic E-state index is 13.9. The van der Waals surface area contributed by atoms with Crippen molar-refractivity contribution in [2.45, 2.75) is 90.7 Å². The van der Waals surface area contributed by atoms with E-state index in [-0.39, 0.29) is 40.2 Å². The maximum absolute atomic E-state index is 13.9. The Hall–Kier alpha value is -1.66. The van der Waals surface area contributed by atoms with Crippen LogP contribution in [0.25, 0.3) is 0 Å². The van der Waals surface area contributed by atoms with Gasteiger partial charge in [0.05, 0.1) is 11.8 Å². The molecule has 166 valence electrons. The molecule has 6 heteroatoms. The van der Waals surface area contributed by atoms with Crippen LogP contribution in [0, 0.1) is 11.8 Å². The van der Waals surface area contributed by atoms with Gasteiger partial charge in [0.15, 0.2) is 0 Å². The van der Waals surface area contributed by atoms with E-state index in [2.05, 4.69) is 40.7 Å². The first-order valence-corrected chi connectivity index (χ1v) is 11.8. The Morgan fingerprint density at radius 1 is 1.17 bits per heavy atom. The first kappa shape index (κ1) is 23.0. The lowest BCUT2D eigenvalue weighted by atomic mass is 9.79. The normalized spacial score (nSPS) is 27.5. The van der Waals surface area contributed by atoms with E-state index in [0.717, 1.165) is 11.3 Å². The summed E-state index contributed by atoms with van der Waals surface area (Å²) in [6.45, 7) is 10.4. The zero-order chi connectivity index (χ0) is 22.2. The number of carboxylic acids is 1. The van der Waals surface area contributed by atoms with Gasteiger partial charge in [0.25, 0.3) is 0 Å². The summed E-state index contributed by atoms with van der Waals surface area (Å²) in [5.41, 5.74) is 1.67. The molecule has 0 bridgehead atoms. The van der Waals surface area contributed by atoms with E-state index in [4.69, 9.17) is 0 Å². The molecule has 1 saturated carbocycles. The number of rotatable bonds is 4. The standard InChI is InChI=1S/C24H35NO4S/c1-14-6-11-18(15(2)12-14)22(27)25(16-7-9-17(26)10-8-16)19-13-20(24(3,4)5)30-21(19)23(28)29/h6,13,15-18,26H,7-12H2,1-5H3,(H,28,29)/t15-,16?,17?,18+/m0/s1. The first-order valence-electron chi connectivity index (χ1n) is 11.0. The number of hydrogen-bond acceptors (Lipinski definition) is 4. The maximum Gasteiger partial charge on any atom is 0.348 e. The summed E-state index contributed by atoms with van der Waals surface area (Å²) in [5, 5.41) is 19.9. The van der Waals surface area contributed by atoms with Crippen molar-refractivity contribution in [3.63, 3.8) is 0 Å². The molecule has 3 rings (SSSR count). The molecular formula is C24H35NO4S. The molecule has 1 aromatic rings. The molecule has 1 heterocycles. The predicted molar refractivity (Wildman–Crippen MR) is 121 cm³/mol. The zero-order valence-electron chi connectivity index (χ0n) is 18.8. The van der Waals surface area contributed by atoms with Crippen molar-refractivity contribution in [1.29, 1.82) is 0 Å². The van der Waals surface area contributed by atoms with Crippen molar-refractivity contribution in [1.82, 2.24) is 0 Å². The number of carbonyl (C=O) groups is 2. The summed E-state index contributed by atoms with van der Waals surface area (Å²) in [7, 11) is 0. The summed E-state index contributed by atoms with van der Waals surface area (Å²) in [6, 6.07) is 1.85. The molecule has 0 radical (unpaired) electrons. The molecule has 1 fully saturated rings. The molecular weight excluding hydrogens is 398 g/mol. The Kier molecular flexibility index (Phi) is 6.78. The van der Waals surface area contributed by atoms with Gasteiger partial charge >= 0.3 is 5.97 Å². The van der Waals surface area contributed by atoms with Gasteiger partial charge in [-0.15, -0.1) is 11.3 Å². The highest BCUT2D eigenvalue weighted by Crippen LogP contribution is 2.42. The highest BCUT2D eigenvalue weighted by atomic mass is 32.1. The van der Waals surface area contributed by atoms with Crippen LogP contribution in [0.3, 0.4) is 0 Å². The minimum absolute atomic E-state index is 0.0356. The number of carboxylic acid groups (broad SMARTS) is 1. The molecule has 5 nitrogen and oxygen atoms in total. The third-order valence-corrected chi connectivity index (χ3v) is 8.08. The second-order valence-electron chi connectivity index (χ2n) is 10.1. The fraction of sp³-hybridized carbons (Fsp3) is 0.667. The molecule has 1 aromatic heterocycles. The van der Waals surface area contributed by atoms with E-state index in [1.807, 2.05) is 6.07 Å². The topological polar surface area (TPSA) is 77.8 Å². The van der Waals surface area contributed by atoms with Crippen LogP contribution in [0.1, 0.15) is 87.7 Å². The summed E-state index contributed by atoms with van der Waals surface area (Å²) < 4.78 is 0. The van der Waals surface area contributed by atoms with Crippen molar-refractivity contribution in [3.8, 4) is 0 Å². The van der Waals surface area contributed by atoms with Gasteiger partial charge in [-0.2, -0.15) is 0 Å². The van der Waals surface area contributed by atoms with Gasteiger partial charge in [0, 0.05) is 16.8 Å². The van der Waals surface area contributed by atoms with Crippen molar-refractivity contribution in [2.24, 2.45) is 11.8 Å². The average Bonchev–Trinajstić information content (AvgIpc) is 3.09. The van der Waals surface area contributed by atoms with Crippen LogP contribution < -0.4 is 4.90 Å². The highest BCUT2D eigenvalue weighted by molar-refractivity contribution is 7.14. The average molecular weight is 434 g/mol. The SMILES string of the molecule is CC1=CC[C@@H](C(=O)N(c2cc(C(C)(C)C)sc2C(=O)O)C2CCC(O)CC2)[C@@H](C)C1. The number of anilines is 1. The van der Waals surface area contributed by atoms with Gasteiger partial charge in [-0.1, -0.05) is 39.3 Å². The van der Waals surface area contributed by atoms with Gasteiger partial charge in [-0.25, -0.2) is 4.79 Å². The molecule has 0 saturated heterocycles. The molecule has 0 aromatic carbocycles. The van der Waals surface area contributed by atoms with Crippen molar-refractivity contribution >= 4 is 28.9 Å². The lowest BCUT2D eigenvalue weighted by Gasteiger charge is -2.39. The number of hydrogen-bond donors (Lipinski definition) is 2. The van der Waals surface area contributed by atoms with E-state index in [0.29, 0.717) is 37.8 Å². The van der Waals surface area contributed by atoms with E-state index in [9.17, 15) is 19.8 Å². The first-order chi connectivity index (χ1) is 14.0. The van der Waals surface area contributed by atoms with Crippen LogP contribution in [0.4, 0.5) is 5.69 Å². The third kappa shape index (κ3) is 4.80. The number of nitrogens with zero attached hydrogens (tertiary/aromatic N) is 1. The number of carbonyl (C=O) groups excluding carboxylic acids is 1. The van der Waals surface area contributed by atoms with Crippen molar-refractivity contribution < 1.29 is 19.8 Å². The molecule has 0 unspecified atom stereocenters. The fourth-order valence-electron chi connectivity index (χ4n) is 4.71. The van der Waals surface area contributed by atoms with E-state index in [1.165, 1.54) is 16.9 Å². The minimum Gasteiger partial charge on any atom is -0.477 e. The van der Waals surface area contributed by atoms with E-state index in [1.54, 1.807) is 4.90 Å². The van der Waals surface area contributed by atoms with Crippen molar-refractivity contribution in [2.75, 3.05) is 4.90 Å². The molecule has 30 heavy (non-hydrogen) atoms. The Morgan fingerprint density at radius 2 is 1.80 bits per heavy atom. The lowest BCUT2D eigenvalue weighted by molar-refractivity contribution is -0.124. The summed E-state index contributed by atoms with van der Waals surface area (Å²) in [6.07, 6.45) is 6.11. The number of aromatic carboxylic acids is 1. The molecule has 2 atom stereocenters. The van der Waals surface area contributed by atoms with Gasteiger partial charge in [-0.05, 0) is 62.8 Å². The van der Waals surface area contributed by atoms with Crippen LogP contribution in [-0.2, 0) is 10.2 Å². The third-order valence-electron chi connectivity index (χ3n) is 6.54. The van der Waals surface area contributed by atoms with Crippen molar-refractivity contribution in [3.05, 3.63) is 27.5 Å². The summed E-state index contributed by atoms with van der Waals surface area (Å²) in [5.74, 6) is -0.853. The number of aliphatic hydroxyl groups is 1. The van der Waals surface area contributed by atoms with Crippen LogP contribution in [0.2, 0.25) is 0 Å². The Bertz CT molecular complexity index is 827. The van der Waals surface area contributed by atoms with Crippen LogP contribution in [0.15, 0.2) is 17.7 Å². The van der Waals surface area contributed by atoms with Gasteiger partial charge < -0.3 is 15.1 Å². The van der Waals surface area contributed by atoms with E-state index < -0.39 is 5.97 Å². The Labute approximate surface area is 183 Å². The molecule has 2 aliphatic carbocycles. The minimum atomic E-state index is -0.980. The molecule has 2 N–H and O–H groups in total. The second-order valence-corrected chi connectivity index (χ2v) is 11.2. The van der Waals surface area contributed by atoms with Gasteiger partial charge in [0.2, 0.25) is 5.91 Å². The fourth-order valence-corrected chi connectivity index (χ4v) is 5.76. The monoisotopic (exact) mass is 433 g/mol. The molecule has 2 aliphatic rings. The molecule has 0 aliphatic heterocycles. The number of thiophene rings is 1. The summed E-state index contributed by atoms with van der Waals surface area (Å²) >= 11 is 1.28. The number of amides is 1. The van der Waals surface area contributed by atoms with Gasteiger partial charge in [-0.3, -0.25) is 4.79 Å².